The molecule has 1 N–H and O–H groups in total. The maximum atomic E-state index is 12.6. The average Bonchev–Trinajstić information content (AvgIpc) is 3.08. The number of nitrogens with one attached hydrogen (secondary N) is 1. The Balaban J connectivity index is 1.74. The van der Waals surface area contributed by atoms with E-state index in [1.165, 1.54) is 11.8 Å². The Morgan fingerprint density at radius 2 is 1.77 bits per heavy atom. The third-order valence-corrected chi connectivity index (χ3v) is 6.45. The molecule has 2 aromatic carbocycles. The van der Waals surface area contributed by atoms with E-state index in [0.29, 0.717) is 25.4 Å². The molecule has 0 atom stereocenters. The standard InChI is InChI=1S/C24H29N3O2S/c1-5-26(6-2)24(29)15-27-14-22(19-11-7-8-13-21(19)27)30-16-23(28)25-20-12-9-10-17(3)18(20)4/h7-14H,5-6,15-16H2,1-4H3,(H,25,28). The van der Waals surface area contributed by atoms with Crippen LogP contribution in [0.3, 0.4) is 0 Å². The van der Waals surface area contributed by atoms with E-state index in [9.17, 15) is 9.59 Å². The normalized spacial score (nSPS) is 10.9. The molecule has 2 amide bonds. The van der Waals surface area contributed by atoms with Crippen LogP contribution >= 0.6 is 11.8 Å². The lowest BCUT2D eigenvalue weighted by atomic mass is 10.1. The average molecular weight is 424 g/mol. The number of hydrogen-bond donors (Lipinski definition) is 1. The summed E-state index contributed by atoms with van der Waals surface area (Å²) in [4.78, 5) is 28.0. The summed E-state index contributed by atoms with van der Waals surface area (Å²) >= 11 is 1.50. The van der Waals surface area contributed by atoms with Crippen LogP contribution in [0.25, 0.3) is 10.9 Å². The Kier molecular flexibility index (Phi) is 7.21. The summed E-state index contributed by atoms with van der Waals surface area (Å²) in [5, 5.41) is 4.08. The lowest BCUT2D eigenvalue weighted by Crippen LogP contribution is -2.33. The number of aryl methyl sites for hydroxylation is 1. The van der Waals surface area contributed by atoms with Gasteiger partial charge in [-0.25, -0.2) is 0 Å². The Morgan fingerprint density at radius 3 is 2.50 bits per heavy atom. The summed E-state index contributed by atoms with van der Waals surface area (Å²) < 4.78 is 1.99. The van der Waals surface area contributed by atoms with Crippen LogP contribution in [0.15, 0.2) is 53.6 Å². The Labute approximate surface area is 182 Å². The van der Waals surface area contributed by atoms with E-state index >= 15 is 0 Å². The predicted octanol–water partition coefficient (Wildman–Crippen LogP) is 4.86. The van der Waals surface area contributed by atoms with Crippen molar-refractivity contribution in [1.82, 2.24) is 9.47 Å². The molecule has 158 valence electrons. The van der Waals surface area contributed by atoms with E-state index in [2.05, 4.69) is 5.32 Å². The minimum Gasteiger partial charge on any atom is -0.342 e. The summed E-state index contributed by atoms with van der Waals surface area (Å²) in [5.74, 6) is 0.375. The highest BCUT2D eigenvalue weighted by Gasteiger charge is 2.15. The zero-order valence-electron chi connectivity index (χ0n) is 18.1. The van der Waals surface area contributed by atoms with Crippen molar-refractivity contribution >= 4 is 40.2 Å². The van der Waals surface area contributed by atoms with Crippen LogP contribution in [-0.2, 0) is 16.1 Å². The van der Waals surface area contributed by atoms with Crippen molar-refractivity contribution in [2.24, 2.45) is 0 Å². The maximum Gasteiger partial charge on any atom is 0.242 e. The summed E-state index contributed by atoms with van der Waals surface area (Å²) in [7, 11) is 0. The van der Waals surface area contributed by atoms with Crippen molar-refractivity contribution < 1.29 is 9.59 Å². The Morgan fingerprint density at radius 1 is 1.03 bits per heavy atom. The van der Waals surface area contributed by atoms with Gasteiger partial charge in [-0.2, -0.15) is 0 Å². The molecule has 0 bridgehead atoms. The maximum absolute atomic E-state index is 12.6. The highest BCUT2D eigenvalue weighted by Crippen LogP contribution is 2.30. The minimum absolute atomic E-state index is 0.0373. The SMILES string of the molecule is CCN(CC)C(=O)Cn1cc(SCC(=O)Nc2cccc(C)c2C)c2ccccc21. The molecule has 30 heavy (non-hydrogen) atoms. The highest BCUT2D eigenvalue weighted by molar-refractivity contribution is 8.00. The van der Waals surface area contributed by atoms with Crippen LogP contribution in [0.1, 0.15) is 25.0 Å². The number of rotatable bonds is 8. The number of amides is 2. The largest absolute Gasteiger partial charge is 0.342 e. The second kappa shape index (κ2) is 9.85. The molecule has 3 rings (SSSR count). The summed E-state index contributed by atoms with van der Waals surface area (Å²) in [6, 6.07) is 13.9. The van der Waals surface area contributed by atoms with Crippen LogP contribution < -0.4 is 5.32 Å². The lowest BCUT2D eigenvalue weighted by molar-refractivity contribution is -0.131. The quantitative estimate of drug-likeness (QED) is 0.527. The molecule has 0 radical (unpaired) electrons. The van der Waals surface area contributed by atoms with Gasteiger partial charge in [0.2, 0.25) is 11.8 Å². The van der Waals surface area contributed by atoms with Crippen LogP contribution in [0.2, 0.25) is 0 Å². The molecule has 0 aliphatic carbocycles. The molecular formula is C24H29N3O2S. The minimum atomic E-state index is -0.0373. The molecule has 5 nitrogen and oxygen atoms in total. The van der Waals surface area contributed by atoms with E-state index in [4.69, 9.17) is 0 Å². The smallest absolute Gasteiger partial charge is 0.242 e. The van der Waals surface area contributed by atoms with Gasteiger partial charge in [0, 0.05) is 40.8 Å². The number of carbonyl (C=O) groups is 2. The molecular weight excluding hydrogens is 394 g/mol. The van der Waals surface area contributed by atoms with Gasteiger partial charge in [-0.3, -0.25) is 9.59 Å². The summed E-state index contributed by atoms with van der Waals surface area (Å²) in [6.45, 7) is 9.74. The van der Waals surface area contributed by atoms with Crippen LogP contribution in [0.5, 0.6) is 0 Å². The first kappa shape index (κ1) is 22.0. The molecule has 0 aliphatic rings. The van der Waals surface area contributed by atoms with Crippen LogP contribution in [0.4, 0.5) is 5.69 Å². The van der Waals surface area contributed by atoms with E-state index < -0.39 is 0 Å². The second-order valence-corrected chi connectivity index (χ2v) is 8.31. The number of aromatic nitrogens is 1. The zero-order valence-corrected chi connectivity index (χ0v) is 18.9. The number of fused-ring (bicyclic) bond motifs is 1. The number of para-hydroxylation sites is 1. The highest BCUT2D eigenvalue weighted by atomic mass is 32.2. The van der Waals surface area contributed by atoms with Gasteiger partial charge in [0.25, 0.3) is 0 Å². The topological polar surface area (TPSA) is 54.3 Å². The fourth-order valence-electron chi connectivity index (χ4n) is 3.50. The monoisotopic (exact) mass is 423 g/mol. The fourth-order valence-corrected chi connectivity index (χ4v) is 4.39. The van der Waals surface area contributed by atoms with Crippen molar-refractivity contribution in [3.05, 3.63) is 59.8 Å². The van der Waals surface area contributed by atoms with E-state index in [1.54, 1.807) is 0 Å². The van der Waals surface area contributed by atoms with Gasteiger partial charge in [0.15, 0.2) is 0 Å². The Bertz CT molecular complexity index is 1050. The van der Waals surface area contributed by atoms with Crippen molar-refractivity contribution in [2.45, 2.75) is 39.1 Å². The summed E-state index contributed by atoms with van der Waals surface area (Å²) in [6.07, 6.45) is 1.99. The first-order valence-electron chi connectivity index (χ1n) is 10.3. The molecule has 0 spiro atoms. The first-order valence-corrected chi connectivity index (χ1v) is 11.3. The van der Waals surface area contributed by atoms with Crippen molar-refractivity contribution in [2.75, 3.05) is 24.2 Å². The van der Waals surface area contributed by atoms with Crippen molar-refractivity contribution in [1.29, 1.82) is 0 Å². The number of likely N-dealkylation sites (N-methyl/N-ethyl adjacent to an activating group) is 1. The molecule has 1 aromatic heterocycles. The molecule has 0 fully saturated rings. The molecule has 3 aromatic rings. The van der Waals surface area contributed by atoms with Gasteiger partial charge in [0.05, 0.1) is 5.75 Å². The van der Waals surface area contributed by atoms with Gasteiger partial charge < -0.3 is 14.8 Å². The number of anilines is 1. The van der Waals surface area contributed by atoms with Gasteiger partial charge in [-0.1, -0.05) is 30.3 Å². The Hall–Kier alpha value is -2.73. The molecule has 0 saturated carbocycles. The lowest BCUT2D eigenvalue weighted by Gasteiger charge is -2.19. The van der Waals surface area contributed by atoms with Gasteiger partial charge >= 0.3 is 0 Å². The third kappa shape index (κ3) is 4.87. The fraction of sp³-hybridized carbons (Fsp3) is 0.333. The molecule has 0 unspecified atom stereocenters. The van der Waals surface area contributed by atoms with Gasteiger partial charge in [0.1, 0.15) is 6.54 Å². The number of benzene rings is 2. The molecule has 0 aliphatic heterocycles. The second-order valence-electron chi connectivity index (χ2n) is 7.29. The zero-order chi connectivity index (χ0) is 21.7. The third-order valence-electron chi connectivity index (χ3n) is 5.41. The van der Waals surface area contributed by atoms with Crippen molar-refractivity contribution in [3.8, 4) is 0 Å². The number of thioether (sulfide) groups is 1. The van der Waals surface area contributed by atoms with Gasteiger partial charge in [-0.05, 0) is 51.0 Å². The molecule has 6 heteroatoms. The summed E-state index contributed by atoms with van der Waals surface area (Å²) in [5.41, 5.74) is 4.10. The predicted molar refractivity (Wildman–Crippen MR) is 125 cm³/mol. The number of hydrogen-bond acceptors (Lipinski definition) is 3. The van der Waals surface area contributed by atoms with Gasteiger partial charge in [-0.15, -0.1) is 11.8 Å². The molecule has 1 heterocycles. The number of carbonyl (C=O) groups excluding carboxylic acids is 2. The van der Waals surface area contributed by atoms with E-state index in [1.807, 2.05) is 85.8 Å². The van der Waals surface area contributed by atoms with E-state index in [-0.39, 0.29) is 11.8 Å². The van der Waals surface area contributed by atoms with Crippen molar-refractivity contribution in [3.63, 3.8) is 0 Å². The first-order chi connectivity index (χ1) is 14.4. The van der Waals surface area contributed by atoms with Crippen LogP contribution in [0, 0.1) is 13.8 Å². The van der Waals surface area contributed by atoms with Crippen LogP contribution in [-0.4, -0.2) is 40.1 Å². The molecule has 0 saturated heterocycles. The van der Waals surface area contributed by atoms with E-state index in [0.717, 1.165) is 32.6 Å². The number of nitrogens with zero attached hydrogens (tertiary/aromatic N) is 2.